The van der Waals surface area contributed by atoms with Gasteiger partial charge in [-0.2, -0.15) is 9.97 Å². The zero-order valence-electron chi connectivity index (χ0n) is 15.0. The second-order valence-corrected chi connectivity index (χ2v) is 5.25. The Morgan fingerprint density at radius 2 is 1.50 bits per heavy atom. The highest BCUT2D eigenvalue weighted by molar-refractivity contribution is 5.94. The molecular weight excluding hydrogens is 308 g/mol. The van der Waals surface area contributed by atoms with Gasteiger partial charge < -0.3 is 16.0 Å². The van der Waals surface area contributed by atoms with Crippen molar-refractivity contribution >= 4 is 34.6 Å². The lowest BCUT2D eigenvalue weighted by Crippen LogP contribution is -2.19. The molecule has 0 saturated carbocycles. The van der Waals surface area contributed by atoms with Crippen LogP contribution in [0, 0.1) is 0 Å². The van der Waals surface area contributed by atoms with E-state index in [1.807, 2.05) is 0 Å². The van der Waals surface area contributed by atoms with Crippen molar-refractivity contribution in [2.45, 2.75) is 26.7 Å². The first-order valence-corrected chi connectivity index (χ1v) is 8.17. The number of hydrogen-bond donors (Lipinski definition) is 3. The summed E-state index contributed by atoms with van der Waals surface area (Å²) in [7, 11) is 5.12. The summed E-state index contributed by atoms with van der Waals surface area (Å²) in [6.07, 6.45) is 1.96. The zero-order valence-corrected chi connectivity index (χ0v) is 15.0. The molecule has 24 heavy (non-hydrogen) atoms. The first kappa shape index (κ1) is 17.9. The van der Waals surface area contributed by atoms with Gasteiger partial charge >= 0.3 is 0 Å². The van der Waals surface area contributed by atoms with E-state index in [1.54, 1.807) is 21.2 Å². The van der Waals surface area contributed by atoms with Crippen LogP contribution in [0.2, 0.25) is 0 Å². The van der Waals surface area contributed by atoms with E-state index in [0.29, 0.717) is 34.6 Å². The number of hydrogen-bond acceptors (Lipinski definition) is 9. The molecule has 0 radical (unpaired) electrons. The summed E-state index contributed by atoms with van der Waals surface area (Å²) in [6, 6.07) is 0. The Labute approximate surface area is 142 Å². The third-order valence-electron chi connectivity index (χ3n) is 3.40. The predicted octanol–water partition coefficient (Wildman–Crippen LogP) is 2.10. The standard InChI is InChI=1S/C15H26N8O/c1-6-8-17-12-11-10(19-14(16-3)21-12)13(18-9-7-2)22-15(20-11)23(4)24-5/h6-9H2,1-5H3,(H,18,20,22)(H2,16,17,19,21). The van der Waals surface area contributed by atoms with Crippen LogP contribution >= 0.6 is 0 Å². The van der Waals surface area contributed by atoms with Gasteiger partial charge in [0.2, 0.25) is 5.95 Å². The van der Waals surface area contributed by atoms with Crippen molar-refractivity contribution in [2.24, 2.45) is 0 Å². The number of hydroxylamine groups is 1. The molecule has 0 aliphatic rings. The quantitative estimate of drug-likeness (QED) is 0.595. The van der Waals surface area contributed by atoms with E-state index in [1.165, 1.54) is 5.06 Å². The molecule has 2 heterocycles. The number of nitrogens with one attached hydrogen (secondary N) is 3. The molecule has 0 atom stereocenters. The number of rotatable bonds is 9. The Bertz CT molecular complexity index is 678. The lowest BCUT2D eigenvalue weighted by Gasteiger charge is -2.17. The third-order valence-corrected chi connectivity index (χ3v) is 3.40. The van der Waals surface area contributed by atoms with Crippen LogP contribution in [0.1, 0.15) is 26.7 Å². The minimum Gasteiger partial charge on any atom is -0.368 e. The molecule has 132 valence electrons. The zero-order chi connectivity index (χ0) is 17.5. The first-order valence-electron chi connectivity index (χ1n) is 8.17. The van der Waals surface area contributed by atoms with Crippen LogP contribution in [0.15, 0.2) is 0 Å². The number of nitrogens with zero attached hydrogens (tertiary/aromatic N) is 5. The maximum atomic E-state index is 5.22. The molecule has 2 aromatic heterocycles. The van der Waals surface area contributed by atoms with Gasteiger partial charge in [0.05, 0.1) is 7.11 Å². The number of fused-ring (bicyclic) bond motifs is 1. The highest BCUT2D eigenvalue weighted by Gasteiger charge is 2.17. The van der Waals surface area contributed by atoms with E-state index in [9.17, 15) is 0 Å². The van der Waals surface area contributed by atoms with Crippen molar-refractivity contribution in [3.8, 4) is 0 Å². The Morgan fingerprint density at radius 3 is 2.04 bits per heavy atom. The Balaban J connectivity index is 2.65. The number of aromatic nitrogens is 4. The van der Waals surface area contributed by atoms with Gasteiger partial charge in [0.15, 0.2) is 11.6 Å². The third kappa shape index (κ3) is 3.91. The Hall–Kier alpha value is -2.42. The molecule has 2 rings (SSSR count). The Morgan fingerprint density at radius 1 is 0.917 bits per heavy atom. The molecule has 0 aliphatic carbocycles. The molecule has 0 unspecified atom stereocenters. The highest BCUT2D eigenvalue weighted by Crippen LogP contribution is 2.27. The summed E-state index contributed by atoms with van der Waals surface area (Å²) >= 11 is 0. The average Bonchev–Trinajstić information content (AvgIpc) is 2.62. The van der Waals surface area contributed by atoms with Crippen molar-refractivity contribution in [3.63, 3.8) is 0 Å². The van der Waals surface area contributed by atoms with Gasteiger partial charge in [-0.3, -0.25) is 4.84 Å². The molecule has 0 amide bonds. The van der Waals surface area contributed by atoms with Crippen molar-refractivity contribution in [3.05, 3.63) is 0 Å². The molecule has 2 aromatic rings. The van der Waals surface area contributed by atoms with E-state index in [4.69, 9.17) is 4.84 Å². The van der Waals surface area contributed by atoms with Crippen molar-refractivity contribution in [1.82, 2.24) is 19.9 Å². The normalized spacial score (nSPS) is 10.7. The summed E-state index contributed by atoms with van der Waals surface area (Å²) in [5.41, 5.74) is 1.34. The molecule has 0 bridgehead atoms. The maximum absolute atomic E-state index is 5.22. The molecule has 0 fully saturated rings. The average molecular weight is 334 g/mol. The van der Waals surface area contributed by atoms with Crippen LogP contribution in [0.3, 0.4) is 0 Å². The fourth-order valence-corrected chi connectivity index (χ4v) is 2.07. The van der Waals surface area contributed by atoms with Crippen LogP contribution in [0.4, 0.5) is 23.5 Å². The van der Waals surface area contributed by atoms with Crippen LogP contribution in [-0.4, -0.2) is 54.2 Å². The van der Waals surface area contributed by atoms with Gasteiger partial charge in [0.25, 0.3) is 5.95 Å². The fraction of sp³-hybridized carbons (Fsp3) is 0.600. The SMILES string of the molecule is CCCNc1nc(N(C)OC)nc2c(NCCC)nc(NC)nc12. The van der Waals surface area contributed by atoms with Crippen LogP contribution in [-0.2, 0) is 4.84 Å². The second kappa shape index (κ2) is 8.44. The molecular formula is C15H26N8O. The molecule has 9 nitrogen and oxygen atoms in total. The molecule has 0 saturated heterocycles. The van der Waals surface area contributed by atoms with Crippen molar-refractivity contribution < 1.29 is 4.84 Å². The lowest BCUT2D eigenvalue weighted by atomic mass is 10.3. The van der Waals surface area contributed by atoms with Gasteiger partial charge in [0, 0.05) is 27.2 Å². The lowest BCUT2D eigenvalue weighted by molar-refractivity contribution is 0.180. The highest BCUT2D eigenvalue weighted by atomic mass is 16.7. The topological polar surface area (TPSA) is 100 Å². The molecule has 0 aliphatic heterocycles. The molecule has 3 N–H and O–H groups in total. The summed E-state index contributed by atoms with van der Waals surface area (Å²) < 4.78 is 0. The maximum Gasteiger partial charge on any atom is 0.252 e. The monoisotopic (exact) mass is 334 g/mol. The summed E-state index contributed by atoms with van der Waals surface area (Å²) in [6.45, 7) is 5.79. The summed E-state index contributed by atoms with van der Waals surface area (Å²) in [5, 5.41) is 11.1. The largest absolute Gasteiger partial charge is 0.368 e. The van der Waals surface area contributed by atoms with Gasteiger partial charge in [-0.25, -0.2) is 15.0 Å². The van der Waals surface area contributed by atoms with E-state index in [2.05, 4.69) is 49.7 Å². The van der Waals surface area contributed by atoms with E-state index in [0.717, 1.165) is 25.9 Å². The second-order valence-electron chi connectivity index (χ2n) is 5.25. The van der Waals surface area contributed by atoms with Crippen LogP contribution in [0.5, 0.6) is 0 Å². The van der Waals surface area contributed by atoms with Crippen molar-refractivity contribution in [2.75, 3.05) is 55.3 Å². The van der Waals surface area contributed by atoms with Gasteiger partial charge in [0.1, 0.15) is 11.0 Å². The minimum atomic E-state index is 0.448. The smallest absolute Gasteiger partial charge is 0.252 e. The van der Waals surface area contributed by atoms with Crippen LogP contribution in [0.25, 0.3) is 11.0 Å². The van der Waals surface area contributed by atoms with Crippen molar-refractivity contribution in [1.29, 1.82) is 0 Å². The Kier molecular flexibility index (Phi) is 6.30. The van der Waals surface area contributed by atoms with E-state index in [-0.39, 0.29) is 0 Å². The first-order chi connectivity index (χ1) is 11.6. The van der Waals surface area contributed by atoms with E-state index < -0.39 is 0 Å². The predicted molar refractivity (Wildman–Crippen MR) is 97.6 cm³/mol. The van der Waals surface area contributed by atoms with Gasteiger partial charge in [-0.15, -0.1) is 0 Å². The van der Waals surface area contributed by atoms with Crippen LogP contribution < -0.4 is 21.0 Å². The summed E-state index contributed by atoms with van der Waals surface area (Å²) in [4.78, 5) is 23.4. The van der Waals surface area contributed by atoms with Gasteiger partial charge in [-0.1, -0.05) is 13.8 Å². The molecule has 9 heteroatoms. The van der Waals surface area contributed by atoms with E-state index >= 15 is 0 Å². The number of anilines is 4. The summed E-state index contributed by atoms with van der Waals surface area (Å²) in [5.74, 6) is 2.32. The fourth-order valence-electron chi connectivity index (χ4n) is 2.07. The minimum absolute atomic E-state index is 0.448. The molecule has 0 spiro atoms. The molecule has 0 aromatic carbocycles. The van der Waals surface area contributed by atoms with Gasteiger partial charge in [-0.05, 0) is 12.8 Å².